The Labute approximate surface area is 94.1 Å². The van der Waals surface area contributed by atoms with Crippen molar-refractivity contribution in [2.45, 2.75) is 19.8 Å². The quantitative estimate of drug-likeness (QED) is 0.330. The van der Waals surface area contributed by atoms with E-state index in [1.807, 2.05) is 6.92 Å². The Balaban J connectivity index is 2.61. The van der Waals surface area contributed by atoms with Crippen molar-refractivity contribution in [1.29, 1.82) is 5.26 Å². The van der Waals surface area contributed by atoms with Crippen LogP contribution in [-0.4, -0.2) is 12.6 Å². The van der Waals surface area contributed by atoms with Crippen molar-refractivity contribution in [2.75, 3.05) is 6.61 Å². The molecule has 0 saturated carbocycles. The van der Waals surface area contributed by atoms with Crippen molar-refractivity contribution in [1.82, 2.24) is 0 Å². The van der Waals surface area contributed by atoms with E-state index in [2.05, 4.69) is 0 Å². The molecule has 0 fully saturated rings. The molecule has 0 aliphatic rings. The molecule has 0 unspecified atom stereocenters. The van der Waals surface area contributed by atoms with Crippen molar-refractivity contribution in [3.63, 3.8) is 0 Å². The average molecular weight is 219 g/mol. The van der Waals surface area contributed by atoms with Crippen LogP contribution in [0, 0.1) is 11.3 Å². The minimum absolute atomic E-state index is 0.0500. The Morgan fingerprint density at radius 3 is 3.06 bits per heavy atom. The van der Waals surface area contributed by atoms with E-state index in [1.165, 1.54) is 12.3 Å². The third-order valence-corrected chi connectivity index (χ3v) is 1.90. The van der Waals surface area contributed by atoms with Gasteiger partial charge in [0.2, 0.25) is 0 Å². The summed E-state index contributed by atoms with van der Waals surface area (Å²) in [5.41, 5.74) is -0.0500. The van der Waals surface area contributed by atoms with Gasteiger partial charge >= 0.3 is 5.97 Å². The Morgan fingerprint density at radius 2 is 2.50 bits per heavy atom. The van der Waals surface area contributed by atoms with Crippen LogP contribution in [0.3, 0.4) is 0 Å². The van der Waals surface area contributed by atoms with Crippen LogP contribution in [0.5, 0.6) is 0 Å². The molecule has 1 heterocycles. The van der Waals surface area contributed by atoms with Crippen molar-refractivity contribution in [3.8, 4) is 6.07 Å². The Kier molecular flexibility index (Phi) is 4.87. The van der Waals surface area contributed by atoms with Crippen LogP contribution in [0.25, 0.3) is 6.08 Å². The molecule has 0 N–H and O–H groups in total. The first kappa shape index (κ1) is 12.1. The first-order valence-electron chi connectivity index (χ1n) is 5.10. The first-order valence-corrected chi connectivity index (χ1v) is 5.10. The molecule has 0 bridgehead atoms. The lowest BCUT2D eigenvalue weighted by atomic mass is 10.2. The Morgan fingerprint density at radius 1 is 1.69 bits per heavy atom. The van der Waals surface area contributed by atoms with E-state index in [1.54, 1.807) is 18.2 Å². The molecule has 1 aromatic rings. The van der Waals surface area contributed by atoms with Crippen molar-refractivity contribution >= 4 is 12.0 Å². The Hall–Kier alpha value is -2.02. The third kappa shape index (κ3) is 3.62. The summed E-state index contributed by atoms with van der Waals surface area (Å²) in [6.45, 7) is 2.34. The summed E-state index contributed by atoms with van der Waals surface area (Å²) in [4.78, 5) is 11.4. The number of hydrogen-bond acceptors (Lipinski definition) is 4. The first-order chi connectivity index (χ1) is 7.77. The highest BCUT2D eigenvalue weighted by atomic mass is 16.5. The number of carbonyl (C=O) groups is 1. The van der Waals surface area contributed by atoms with Crippen molar-refractivity contribution < 1.29 is 13.9 Å². The summed E-state index contributed by atoms with van der Waals surface area (Å²) in [5.74, 6) is -0.142. The standard InChI is InChI=1S/C12H13NO3/c1-2-3-6-16-12(14)10(9-13)8-11-5-4-7-15-11/h4-5,7-8H,2-3,6H2,1H3/b10-8+. The maximum atomic E-state index is 11.4. The van der Waals surface area contributed by atoms with Gasteiger partial charge in [0.1, 0.15) is 17.4 Å². The zero-order valence-electron chi connectivity index (χ0n) is 9.10. The molecule has 0 aliphatic heterocycles. The van der Waals surface area contributed by atoms with E-state index >= 15 is 0 Å². The van der Waals surface area contributed by atoms with E-state index in [4.69, 9.17) is 14.4 Å². The number of nitriles is 1. The monoisotopic (exact) mass is 219 g/mol. The molecule has 1 rings (SSSR count). The largest absolute Gasteiger partial charge is 0.465 e. The minimum Gasteiger partial charge on any atom is -0.465 e. The van der Waals surface area contributed by atoms with E-state index in [0.29, 0.717) is 12.4 Å². The van der Waals surface area contributed by atoms with Gasteiger partial charge in [-0.15, -0.1) is 0 Å². The van der Waals surface area contributed by atoms with Gasteiger partial charge in [-0.25, -0.2) is 4.79 Å². The van der Waals surface area contributed by atoms with Crippen LogP contribution >= 0.6 is 0 Å². The molecule has 4 heteroatoms. The second kappa shape index (κ2) is 6.46. The summed E-state index contributed by atoms with van der Waals surface area (Å²) in [6.07, 6.45) is 4.58. The molecule has 0 atom stereocenters. The third-order valence-electron chi connectivity index (χ3n) is 1.90. The molecule has 0 radical (unpaired) electrons. The summed E-state index contributed by atoms with van der Waals surface area (Å²) in [7, 11) is 0. The van der Waals surface area contributed by atoms with Gasteiger partial charge in [-0.1, -0.05) is 13.3 Å². The molecule has 0 saturated heterocycles. The van der Waals surface area contributed by atoms with Crippen LogP contribution in [0.4, 0.5) is 0 Å². The SMILES string of the molecule is CCCCOC(=O)/C(C#N)=C/c1ccco1. The number of hydrogen-bond donors (Lipinski definition) is 0. The fourth-order valence-electron chi connectivity index (χ4n) is 1.04. The van der Waals surface area contributed by atoms with Crippen LogP contribution in [0.15, 0.2) is 28.4 Å². The smallest absolute Gasteiger partial charge is 0.349 e. The predicted molar refractivity (Wildman–Crippen MR) is 58.2 cm³/mol. The normalized spacial score (nSPS) is 10.9. The summed E-state index contributed by atoms with van der Waals surface area (Å²) in [6, 6.07) is 5.14. The molecule has 0 aliphatic carbocycles. The summed E-state index contributed by atoms with van der Waals surface area (Å²) >= 11 is 0. The number of ether oxygens (including phenoxy) is 1. The number of esters is 1. The fraction of sp³-hybridized carbons (Fsp3) is 0.333. The van der Waals surface area contributed by atoms with E-state index in [-0.39, 0.29) is 5.57 Å². The van der Waals surface area contributed by atoms with Crippen LogP contribution in [0.2, 0.25) is 0 Å². The highest BCUT2D eigenvalue weighted by Gasteiger charge is 2.10. The van der Waals surface area contributed by atoms with Crippen LogP contribution in [0.1, 0.15) is 25.5 Å². The maximum Gasteiger partial charge on any atom is 0.349 e. The maximum absolute atomic E-state index is 11.4. The molecule has 84 valence electrons. The molecule has 0 spiro atoms. The molecule has 0 amide bonds. The van der Waals surface area contributed by atoms with E-state index < -0.39 is 5.97 Å². The van der Waals surface area contributed by atoms with Gasteiger partial charge in [0.05, 0.1) is 12.9 Å². The Bertz CT molecular complexity index is 398. The van der Waals surface area contributed by atoms with Gasteiger partial charge in [-0.3, -0.25) is 0 Å². The van der Waals surface area contributed by atoms with Crippen molar-refractivity contribution in [2.24, 2.45) is 0 Å². The van der Waals surface area contributed by atoms with E-state index in [9.17, 15) is 4.79 Å². The van der Waals surface area contributed by atoms with Gasteiger partial charge in [-0.05, 0) is 18.6 Å². The summed E-state index contributed by atoms with van der Waals surface area (Å²) in [5, 5.41) is 8.79. The molecular formula is C12H13NO3. The lowest BCUT2D eigenvalue weighted by molar-refractivity contribution is -0.138. The number of carbonyl (C=O) groups excluding carboxylic acids is 1. The lowest BCUT2D eigenvalue weighted by Gasteiger charge is -2.01. The number of rotatable bonds is 5. The highest BCUT2D eigenvalue weighted by molar-refractivity contribution is 5.97. The predicted octanol–water partition coefficient (Wildman–Crippen LogP) is 2.53. The summed E-state index contributed by atoms with van der Waals surface area (Å²) < 4.78 is 9.92. The number of nitrogens with zero attached hydrogens (tertiary/aromatic N) is 1. The van der Waals surface area contributed by atoms with Gasteiger partial charge < -0.3 is 9.15 Å². The molecular weight excluding hydrogens is 206 g/mol. The van der Waals surface area contributed by atoms with Gasteiger partial charge in [-0.2, -0.15) is 5.26 Å². The van der Waals surface area contributed by atoms with E-state index in [0.717, 1.165) is 12.8 Å². The lowest BCUT2D eigenvalue weighted by Crippen LogP contribution is -2.07. The molecule has 4 nitrogen and oxygen atoms in total. The minimum atomic E-state index is -0.604. The number of furan rings is 1. The molecule has 0 aromatic carbocycles. The van der Waals surface area contributed by atoms with Gasteiger partial charge in [0, 0.05) is 6.08 Å². The molecule has 1 aromatic heterocycles. The zero-order valence-corrected chi connectivity index (χ0v) is 9.10. The average Bonchev–Trinajstić information content (AvgIpc) is 2.78. The molecule has 16 heavy (non-hydrogen) atoms. The highest BCUT2D eigenvalue weighted by Crippen LogP contribution is 2.08. The van der Waals surface area contributed by atoms with Gasteiger partial charge in [0.15, 0.2) is 0 Å². The van der Waals surface area contributed by atoms with Crippen molar-refractivity contribution in [3.05, 3.63) is 29.7 Å². The second-order valence-corrected chi connectivity index (χ2v) is 3.17. The topological polar surface area (TPSA) is 63.2 Å². The fourth-order valence-corrected chi connectivity index (χ4v) is 1.04. The van der Waals surface area contributed by atoms with Crippen LogP contribution < -0.4 is 0 Å². The second-order valence-electron chi connectivity index (χ2n) is 3.17. The van der Waals surface area contributed by atoms with Crippen LogP contribution in [-0.2, 0) is 9.53 Å². The zero-order chi connectivity index (χ0) is 11.8. The van der Waals surface area contributed by atoms with Gasteiger partial charge in [0.25, 0.3) is 0 Å². The number of unbranched alkanes of at least 4 members (excludes halogenated alkanes) is 1.